The third-order valence-electron chi connectivity index (χ3n) is 4.55. The largest absolute Gasteiger partial charge is 0.466 e. The van der Waals surface area contributed by atoms with E-state index in [1.54, 1.807) is 42.2 Å². The predicted molar refractivity (Wildman–Crippen MR) is 104 cm³/mol. The van der Waals surface area contributed by atoms with Crippen LogP contribution < -0.4 is 5.32 Å². The Hall–Kier alpha value is -2.67. The average Bonchev–Trinajstić information content (AvgIpc) is 3.23. The van der Waals surface area contributed by atoms with E-state index in [-0.39, 0.29) is 23.7 Å². The topological polar surface area (TPSA) is 75.7 Å². The quantitative estimate of drug-likeness (QED) is 0.799. The number of carbonyl (C=O) groups is 3. The first-order valence-electron chi connectivity index (χ1n) is 9.00. The van der Waals surface area contributed by atoms with Crippen molar-refractivity contribution in [3.05, 3.63) is 52.2 Å². The maximum absolute atomic E-state index is 13.0. The van der Waals surface area contributed by atoms with Crippen molar-refractivity contribution in [3.8, 4) is 0 Å². The second kappa shape index (κ2) is 8.81. The van der Waals surface area contributed by atoms with Gasteiger partial charge >= 0.3 is 5.97 Å². The maximum atomic E-state index is 13.0. The highest BCUT2D eigenvalue weighted by atomic mass is 32.1. The molecule has 2 heterocycles. The highest BCUT2D eigenvalue weighted by Gasteiger charge is 2.29. The number of piperidine rings is 1. The summed E-state index contributed by atoms with van der Waals surface area (Å²) in [7, 11) is 0. The number of thiophene rings is 1. The van der Waals surface area contributed by atoms with Crippen LogP contribution in [0.1, 0.15) is 39.8 Å². The molecule has 0 unspecified atom stereocenters. The van der Waals surface area contributed by atoms with Crippen molar-refractivity contribution < 1.29 is 19.1 Å². The molecule has 1 aliphatic heterocycles. The molecule has 1 aliphatic rings. The molecule has 2 aromatic rings. The smallest absolute Gasteiger partial charge is 0.309 e. The Bertz CT molecular complexity index is 811. The highest BCUT2D eigenvalue weighted by molar-refractivity contribution is 7.12. The van der Waals surface area contributed by atoms with Crippen molar-refractivity contribution in [1.82, 2.24) is 4.90 Å². The zero-order valence-corrected chi connectivity index (χ0v) is 16.0. The molecule has 7 heteroatoms. The summed E-state index contributed by atoms with van der Waals surface area (Å²) in [5.74, 6) is -0.707. The van der Waals surface area contributed by atoms with Gasteiger partial charge in [-0.25, -0.2) is 0 Å². The minimum atomic E-state index is -0.230. The normalized spacial score (nSPS) is 14.6. The number of hydrogen-bond donors (Lipinski definition) is 1. The lowest BCUT2D eigenvalue weighted by Crippen LogP contribution is -2.41. The minimum Gasteiger partial charge on any atom is -0.466 e. The molecule has 6 nitrogen and oxygen atoms in total. The van der Waals surface area contributed by atoms with Gasteiger partial charge in [0.1, 0.15) is 0 Å². The third-order valence-corrected chi connectivity index (χ3v) is 5.42. The van der Waals surface area contributed by atoms with E-state index in [4.69, 9.17) is 4.74 Å². The van der Waals surface area contributed by atoms with Gasteiger partial charge in [-0.05, 0) is 43.3 Å². The second-order valence-electron chi connectivity index (χ2n) is 6.30. The third kappa shape index (κ3) is 4.54. The van der Waals surface area contributed by atoms with Crippen LogP contribution in [0.25, 0.3) is 0 Å². The zero-order chi connectivity index (χ0) is 19.2. The number of nitrogens with one attached hydrogen (secondary N) is 1. The Morgan fingerprint density at radius 1 is 1.15 bits per heavy atom. The summed E-state index contributed by atoms with van der Waals surface area (Å²) in [5.41, 5.74) is 0.949. The number of amides is 2. The maximum Gasteiger partial charge on any atom is 0.309 e. The monoisotopic (exact) mass is 386 g/mol. The number of nitrogens with zero attached hydrogens (tertiary/aromatic N) is 1. The van der Waals surface area contributed by atoms with Crippen LogP contribution in [0.4, 0.5) is 5.69 Å². The molecule has 0 saturated carbocycles. The Kier molecular flexibility index (Phi) is 6.24. The van der Waals surface area contributed by atoms with Crippen LogP contribution in [0.3, 0.4) is 0 Å². The molecular weight excluding hydrogens is 364 g/mol. The molecule has 3 rings (SSSR count). The summed E-state index contributed by atoms with van der Waals surface area (Å²) in [6.07, 6.45) is 1.18. The van der Waals surface area contributed by atoms with Gasteiger partial charge in [-0.3, -0.25) is 14.4 Å². The molecule has 27 heavy (non-hydrogen) atoms. The van der Waals surface area contributed by atoms with Crippen molar-refractivity contribution in [2.75, 3.05) is 25.0 Å². The number of anilines is 1. The second-order valence-corrected chi connectivity index (χ2v) is 7.24. The number of carbonyl (C=O) groups excluding carboxylic acids is 3. The number of rotatable bonds is 5. The van der Waals surface area contributed by atoms with Crippen LogP contribution in [0.15, 0.2) is 41.8 Å². The fraction of sp³-hybridized carbons (Fsp3) is 0.350. The van der Waals surface area contributed by atoms with Crippen LogP contribution in [0, 0.1) is 5.92 Å². The standard InChI is InChI=1S/C20H22N2O4S/c1-2-26-20(25)14-9-11-22(12-10-14)19(24)15-6-3-4-7-16(15)21-18(23)17-8-5-13-27-17/h3-8,13-14H,2,9-12H2,1H3,(H,21,23). The van der Waals surface area contributed by atoms with E-state index in [9.17, 15) is 14.4 Å². The minimum absolute atomic E-state index is 0.139. The number of para-hydroxylation sites is 1. The molecule has 0 spiro atoms. The summed E-state index contributed by atoms with van der Waals surface area (Å²) in [4.78, 5) is 39.5. The van der Waals surface area contributed by atoms with Crippen molar-refractivity contribution in [3.63, 3.8) is 0 Å². The number of esters is 1. The molecule has 1 saturated heterocycles. The molecule has 1 fully saturated rings. The van der Waals surface area contributed by atoms with Crippen LogP contribution in [0.2, 0.25) is 0 Å². The molecule has 0 bridgehead atoms. The summed E-state index contributed by atoms with van der Waals surface area (Å²) in [6.45, 7) is 3.15. The molecule has 2 amide bonds. The number of hydrogen-bond acceptors (Lipinski definition) is 5. The van der Waals surface area contributed by atoms with Gasteiger partial charge < -0.3 is 15.0 Å². The van der Waals surface area contributed by atoms with Gasteiger partial charge in [-0.15, -0.1) is 11.3 Å². The predicted octanol–water partition coefficient (Wildman–Crippen LogP) is 3.42. The Morgan fingerprint density at radius 2 is 1.89 bits per heavy atom. The van der Waals surface area contributed by atoms with Gasteiger partial charge in [0.05, 0.1) is 28.7 Å². The summed E-state index contributed by atoms with van der Waals surface area (Å²) < 4.78 is 5.07. The first-order chi connectivity index (χ1) is 13.1. The molecular formula is C20H22N2O4S. The van der Waals surface area contributed by atoms with E-state index in [1.807, 2.05) is 11.4 Å². The van der Waals surface area contributed by atoms with E-state index in [2.05, 4.69) is 5.32 Å². The highest BCUT2D eigenvalue weighted by Crippen LogP contribution is 2.24. The SMILES string of the molecule is CCOC(=O)C1CCN(C(=O)c2ccccc2NC(=O)c2cccs2)CC1. The Labute approximate surface area is 162 Å². The molecule has 1 aromatic carbocycles. The van der Waals surface area contributed by atoms with E-state index >= 15 is 0 Å². The summed E-state index contributed by atoms with van der Waals surface area (Å²) >= 11 is 1.35. The lowest BCUT2D eigenvalue weighted by molar-refractivity contribution is -0.149. The number of likely N-dealkylation sites (tertiary alicyclic amines) is 1. The van der Waals surface area contributed by atoms with Crippen molar-refractivity contribution in [2.45, 2.75) is 19.8 Å². The summed E-state index contributed by atoms with van der Waals surface area (Å²) in [6, 6.07) is 10.6. The van der Waals surface area contributed by atoms with Crippen LogP contribution in [-0.2, 0) is 9.53 Å². The number of benzene rings is 1. The molecule has 1 aromatic heterocycles. The lowest BCUT2D eigenvalue weighted by atomic mass is 9.96. The van der Waals surface area contributed by atoms with Crippen LogP contribution >= 0.6 is 11.3 Å². The van der Waals surface area contributed by atoms with Gasteiger partial charge in [0, 0.05) is 13.1 Å². The van der Waals surface area contributed by atoms with Crippen LogP contribution in [0.5, 0.6) is 0 Å². The van der Waals surface area contributed by atoms with Crippen molar-refractivity contribution >= 4 is 34.8 Å². The Balaban J connectivity index is 1.67. The van der Waals surface area contributed by atoms with Gasteiger partial charge in [0.25, 0.3) is 11.8 Å². The van der Waals surface area contributed by atoms with Crippen molar-refractivity contribution in [1.29, 1.82) is 0 Å². The van der Waals surface area contributed by atoms with Gasteiger partial charge in [-0.1, -0.05) is 18.2 Å². The molecule has 0 atom stereocenters. The van der Waals surface area contributed by atoms with Crippen molar-refractivity contribution in [2.24, 2.45) is 5.92 Å². The average molecular weight is 386 g/mol. The van der Waals surface area contributed by atoms with E-state index in [0.29, 0.717) is 48.7 Å². The fourth-order valence-electron chi connectivity index (χ4n) is 3.12. The number of ether oxygens (including phenoxy) is 1. The van der Waals surface area contributed by atoms with E-state index in [1.165, 1.54) is 11.3 Å². The van der Waals surface area contributed by atoms with E-state index < -0.39 is 0 Å². The zero-order valence-electron chi connectivity index (χ0n) is 15.1. The van der Waals surface area contributed by atoms with Gasteiger partial charge in [0.15, 0.2) is 0 Å². The molecule has 142 valence electrons. The van der Waals surface area contributed by atoms with Gasteiger partial charge in [-0.2, -0.15) is 0 Å². The first-order valence-corrected chi connectivity index (χ1v) is 9.88. The fourth-order valence-corrected chi connectivity index (χ4v) is 3.74. The molecule has 0 aliphatic carbocycles. The van der Waals surface area contributed by atoms with Gasteiger partial charge in [0.2, 0.25) is 0 Å². The lowest BCUT2D eigenvalue weighted by Gasteiger charge is -2.31. The van der Waals surface area contributed by atoms with E-state index in [0.717, 1.165) is 0 Å². The first kappa shape index (κ1) is 19.1. The van der Waals surface area contributed by atoms with Crippen LogP contribution in [-0.4, -0.2) is 42.4 Å². The molecule has 0 radical (unpaired) electrons. The Morgan fingerprint density at radius 3 is 2.56 bits per heavy atom. The summed E-state index contributed by atoms with van der Waals surface area (Å²) in [5, 5.41) is 4.66. The molecule has 1 N–H and O–H groups in total.